The summed E-state index contributed by atoms with van der Waals surface area (Å²) >= 11 is 1.76. The molecule has 2 aromatic rings. The predicted octanol–water partition coefficient (Wildman–Crippen LogP) is 4.24. The third-order valence-electron chi connectivity index (χ3n) is 2.75. The van der Waals surface area contributed by atoms with Gasteiger partial charge >= 0.3 is 0 Å². The summed E-state index contributed by atoms with van der Waals surface area (Å²) < 4.78 is 0. The van der Waals surface area contributed by atoms with Crippen molar-refractivity contribution in [2.24, 2.45) is 0 Å². The quantitative estimate of drug-likeness (QED) is 0.876. The van der Waals surface area contributed by atoms with Crippen LogP contribution >= 0.6 is 11.3 Å². The molecule has 0 radical (unpaired) electrons. The second-order valence-corrected chi connectivity index (χ2v) is 5.82. The highest BCUT2D eigenvalue weighted by Gasteiger charge is 2.12. The Morgan fingerprint density at radius 2 is 2.00 bits per heavy atom. The average molecular weight is 246 g/mol. The van der Waals surface area contributed by atoms with Gasteiger partial charge in [-0.05, 0) is 45.4 Å². The molecule has 0 fully saturated rings. The van der Waals surface area contributed by atoms with E-state index < -0.39 is 0 Å². The molecule has 2 nitrogen and oxygen atoms in total. The standard InChI is InChI=1S/C14H18N2S/c1-9-6-5-7-13(8-9)15-10(2)14-11(3)17-12(4)16-14/h5-8,10,15H,1-4H3. The minimum Gasteiger partial charge on any atom is -0.377 e. The molecule has 0 saturated carbocycles. The number of hydrogen-bond donors (Lipinski definition) is 1. The summed E-state index contributed by atoms with van der Waals surface area (Å²) in [6.45, 7) is 8.45. The van der Waals surface area contributed by atoms with E-state index in [9.17, 15) is 0 Å². The molecule has 0 saturated heterocycles. The maximum Gasteiger partial charge on any atom is 0.0901 e. The Kier molecular flexibility index (Phi) is 3.48. The van der Waals surface area contributed by atoms with Gasteiger partial charge in [-0.25, -0.2) is 4.98 Å². The number of anilines is 1. The average Bonchev–Trinajstić information content (AvgIpc) is 2.58. The molecular formula is C14H18N2S. The van der Waals surface area contributed by atoms with Crippen LogP contribution in [0, 0.1) is 20.8 Å². The van der Waals surface area contributed by atoms with Gasteiger partial charge in [0, 0.05) is 10.6 Å². The summed E-state index contributed by atoms with van der Waals surface area (Å²) in [6.07, 6.45) is 0. The number of thiazole rings is 1. The minimum absolute atomic E-state index is 0.252. The topological polar surface area (TPSA) is 24.9 Å². The van der Waals surface area contributed by atoms with Gasteiger partial charge in [-0.15, -0.1) is 11.3 Å². The Labute approximate surface area is 107 Å². The molecule has 0 amide bonds. The normalized spacial score (nSPS) is 12.5. The highest BCUT2D eigenvalue weighted by atomic mass is 32.1. The molecule has 0 aliphatic rings. The number of aromatic nitrogens is 1. The van der Waals surface area contributed by atoms with Crippen molar-refractivity contribution < 1.29 is 0 Å². The lowest BCUT2D eigenvalue weighted by Crippen LogP contribution is -2.08. The lowest BCUT2D eigenvalue weighted by molar-refractivity contribution is 0.837. The Morgan fingerprint density at radius 3 is 2.59 bits per heavy atom. The van der Waals surface area contributed by atoms with Crippen LogP contribution in [0.1, 0.15) is 34.1 Å². The zero-order valence-electron chi connectivity index (χ0n) is 10.7. The van der Waals surface area contributed by atoms with Gasteiger partial charge < -0.3 is 5.32 Å². The van der Waals surface area contributed by atoms with Crippen molar-refractivity contribution in [2.45, 2.75) is 33.7 Å². The van der Waals surface area contributed by atoms with Crippen molar-refractivity contribution in [3.63, 3.8) is 0 Å². The van der Waals surface area contributed by atoms with E-state index in [1.165, 1.54) is 10.4 Å². The van der Waals surface area contributed by atoms with Crippen LogP contribution in [0.15, 0.2) is 24.3 Å². The largest absolute Gasteiger partial charge is 0.377 e. The molecule has 1 atom stereocenters. The van der Waals surface area contributed by atoms with E-state index in [-0.39, 0.29) is 6.04 Å². The molecule has 1 aromatic heterocycles. The van der Waals surface area contributed by atoms with Crippen LogP contribution in [0.25, 0.3) is 0 Å². The van der Waals surface area contributed by atoms with Crippen LogP contribution in [-0.2, 0) is 0 Å². The van der Waals surface area contributed by atoms with Crippen LogP contribution in [0.3, 0.4) is 0 Å². The Hall–Kier alpha value is -1.35. The first-order valence-electron chi connectivity index (χ1n) is 5.83. The van der Waals surface area contributed by atoms with E-state index in [2.05, 4.69) is 62.3 Å². The molecule has 90 valence electrons. The number of rotatable bonds is 3. The summed E-state index contributed by atoms with van der Waals surface area (Å²) in [5, 5.41) is 4.63. The molecule has 0 bridgehead atoms. The van der Waals surface area contributed by atoms with Gasteiger partial charge in [0.25, 0.3) is 0 Å². The second-order valence-electron chi connectivity index (χ2n) is 4.41. The van der Waals surface area contributed by atoms with Crippen LogP contribution < -0.4 is 5.32 Å². The van der Waals surface area contributed by atoms with Crippen LogP contribution in [0.2, 0.25) is 0 Å². The summed E-state index contributed by atoms with van der Waals surface area (Å²) in [5.74, 6) is 0. The summed E-state index contributed by atoms with van der Waals surface area (Å²) in [6, 6.07) is 8.68. The molecule has 2 rings (SSSR count). The lowest BCUT2D eigenvalue weighted by atomic mass is 10.1. The molecule has 0 spiro atoms. The van der Waals surface area contributed by atoms with Gasteiger partial charge in [-0.1, -0.05) is 12.1 Å². The van der Waals surface area contributed by atoms with E-state index in [0.717, 1.165) is 16.4 Å². The number of nitrogens with one attached hydrogen (secondary N) is 1. The van der Waals surface area contributed by atoms with Crippen molar-refractivity contribution in [1.82, 2.24) is 4.98 Å². The van der Waals surface area contributed by atoms with Gasteiger partial charge in [0.1, 0.15) is 0 Å². The zero-order valence-corrected chi connectivity index (χ0v) is 11.6. The molecule has 1 aromatic carbocycles. The zero-order chi connectivity index (χ0) is 12.4. The van der Waals surface area contributed by atoms with Crippen LogP contribution in [-0.4, -0.2) is 4.98 Å². The first-order valence-corrected chi connectivity index (χ1v) is 6.65. The number of hydrogen-bond acceptors (Lipinski definition) is 3. The fraction of sp³-hybridized carbons (Fsp3) is 0.357. The van der Waals surface area contributed by atoms with Crippen molar-refractivity contribution in [3.05, 3.63) is 45.4 Å². The van der Waals surface area contributed by atoms with E-state index in [1.54, 1.807) is 11.3 Å². The first kappa shape index (κ1) is 12.1. The van der Waals surface area contributed by atoms with E-state index in [1.807, 2.05) is 0 Å². The Morgan fingerprint density at radius 1 is 1.24 bits per heavy atom. The Bertz CT molecular complexity index is 517. The molecular weight excluding hydrogens is 228 g/mol. The lowest BCUT2D eigenvalue weighted by Gasteiger charge is -2.14. The molecule has 1 N–H and O–H groups in total. The van der Waals surface area contributed by atoms with Gasteiger partial charge in [-0.3, -0.25) is 0 Å². The van der Waals surface area contributed by atoms with Gasteiger partial charge in [0.2, 0.25) is 0 Å². The molecule has 0 aliphatic carbocycles. The van der Waals surface area contributed by atoms with Gasteiger partial charge in [0.05, 0.1) is 16.7 Å². The van der Waals surface area contributed by atoms with E-state index in [4.69, 9.17) is 0 Å². The van der Waals surface area contributed by atoms with Crippen molar-refractivity contribution in [1.29, 1.82) is 0 Å². The minimum atomic E-state index is 0.252. The maximum absolute atomic E-state index is 4.58. The molecule has 3 heteroatoms. The second kappa shape index (κ2) is 4.88. The molecule has 1 heterocycles. The van der Waals surface area contributed by atoms with Crippen molar-refractivity contribution in [2.75, 3.05) is 5.32 Å². The third kappa shape index (κ3) is 2.86. The van der Waals surface area contributed by atoms with E-state index in [0.29, 0.717) is 0 Å². The van der Waals surface area contributed by atoms with Crippen LogP contribution in [0.4, 0.5) is 5.69 Å². The fourth-order valence-corrected chi connectivity index (χ4v) is 2.91. The third-order valence-corrected chi connectivity index (χ3v) is 3.65. The van der Waals surface area contributed by atoms with Gasteiger partial charge in [-0.2, -0.15) is 0 Å². The Balaban J connectivity index is 2.16. The summed E-state index contributed by atoms with van der Waals surface area (Å²) in [4.78, 5) is 5.89. The number of nitrogens with zero attached hydrogens (tertiary/aromatic N) is 1. The smallest absolute Gasteiger partial charge is 0.0901 e. The summed E-state index contributed by atoms with van der Waals surface area (Å²) in [7, 11) is 0. The maximum atomic E-state index is 4.58. The monoisotopic (exact) mass is 246 g/mol. The SMILES string of the molecule is Cc1cccc(NC(C)c2nc(C)sc2C)c1. The van der Waals surface area contributed by atoms with Crippen molar-refractivity contribution in [3.8, 4) is 0 Å². The predicted molar refractivity (Wildman–Crippen MR) is 74.8 cm³/mol. The molecule has 17 heavy (non-hydrogen) atoms. The van der Waals surface area contributed by atoms with Crippen molar-refractivity contribution >= 4 is 17.0 Å². The first-order chi connectivity index (χ1) is 8.06. The molecule has 0 aliphatic heterocycles. The summed E-state index contributed by atoms with van der Waals surface area (Å²) in [5.41, 5.74) is 3.59. The fourth-order valence-electron chi connectivity index (χ4n) is 2.00. The molecule has 1 unspecified atom stereocenters. The van der Waals surface area contributed by atoms with E-state index >= 15 is 0 Å². The highest BCUT2D eigenvalue weighted by molar-refractivity contribution is 7.11. The number of aryl methyl sites for hydroxylation is 3. The van der Waals surface area contributed by atoms with Gasteiger partial charge in [0.15, 0.2) is 0 Å². The highest BCUT2D eigenvalue weighted by Crippen LogP contribution is 2.25. The van der Waals surface area contributed by atoms with Crippen LogP contribution in [0.5, 0.6) is 0 Å². The number of benzene rings is 1.